The van der Waals surface area contributed by atoms with Crippen molar-refractivity contribution in [2.24, 2.45) is 0 Å². The topological polar surface area (TPSA) is 96.0 Å². The van der Waals surface area contributed by atoms with Crippen molar-refractivity contribution in [1.29, 1.82) is 0 Å². The van der Waals surface area contributed by atoms with Crippen molar-refractivity contribution in [2.75, 3.05) is 17.1 Å². The van der Waals surface area contributed by atoms with Crippen LogP contribution in [0.5, 0.6) is 11.5 Å². The number of anilines is 1. The number of sulfonamides is 1. The molecule has 0 radical (unpaired) electrons. The quantitative estimate of drug-likeness (QED) is 0.182. The van der Waals surface area contributed by atoms with Crippen LogP contribution >= 0.6 is 0 Å². The number of hydrogen-bond acceptors (Lipinski definition) is 5. The van der Waals surface area contributed by atoms with Gasteiger partial charge in [-0.25, -0.2) is 8.42 Å². The van der Waals surface area contributed by atoms with E-state index in [1.807, 2.05) is 106 Å². The highest BCUT2D eigenvalue weighted by molar-refractivity contribution is 7.92. The smallest absolute Gasteiger partial charge is 0.244 e. The number of carbonyl (C=O) groups is 2. The number of ether oxygens (including phenoxy) is 1. The predicted octanol–water partition coefficient (Wildman–Crippen LogP) is 6.11. The minimum Gasteiger partial charge on any atom is -0.457 e. The van der Waals surface area contributed by atoms with Crippen molar-refractivity contribution < 1.29 is 22.7 Å². The number of para-hydroxylation sites is 1. The zero-order valence-corrected chi connectivity index (χ0v) is 27.0. The van der Waals surface area contributed by atoms with Gasteiger partial charge in [-0.05, 0) is 67.8 Å². The third-order valence-corrected chi connectivity index (χ3v) is 8.63. The third-order valence-electron chi connectivity index (χ3n) is 7.49. The van der Waals surface area contributed by atoms with Crippen LogP contribution in [0.1, 0.15) is 37.0 Å². The van der Waals surface area contributed by atoms with E-state index in [1.54, 1.807) is 24.3 Å². The molecule has 4 rings (SSSR count). The lowest BCUT2D eigenvalue weighted by atomic mass is 10.0. The monoisotopic (exact) mass is 627 g/mol. The molecule has 9 heteroatoms. The Hall–Kier alpha value is -4.63. The van der Waals surface area contributed by atoms with Crippen LogP contribution in [0.15, 0.2) is 109 Å². The van der Waals surface area contributed by atoms with Crippen molar-refractivity contribution in [2.45, 2.75) is 52.2 Å². The molecule has 0 fully saturated rings. The predicted molar refractivity (Wildman–Crippen MR) is 179 cm³/mol. The van der Waals surface area contributed by atoms with Gasteiger partial charge in [0.2, 0.25) is 21.8 Å². The van der Waals surface area contributed by atoms with Gasteiger partial charge in [0.05, 0.1) is 11.9 Å². The van der Waals surface area contributed by atoms with Crippen molar-refractivity contribution in [1.82, 2.24) is 10.2 Å². The Morgan fingerprint density at radius 1 is 0.822 bits per heavy atom. The maximum absolute atomic E-state index is 14.3. The Morgan fingerprint density at radius 3 is 2.02 bits per heavy atom. The summed E-state index contributed by atoms with van der Waals surface area (Å²) < 4.78 is 33.1. The zero-order valence-electron chi connectivity index (χ0n) is 26.2. The molecule has 0 aliphatic rings. The number of carbonyl (C=O) groups excluding carboxylic acids is 2. The molecular weight excluding hydrogens is 586 g/mol. The van der Waals surface area contributed by atoms with E-state index >= 15 is 0 Å². The highest BCUT2D eigenvalue weighted by Crippen LogP contribution is 2.26. The van der Waals surface area contributed by atoms with E-state index in [9.17, 15) is 18.0 Å². The van der Waals surface area contributed by atoms with Crippen molar-refractivity contribution in [3.8, 4) is 11.5 Å². The van der Waals surface area contributed by atoms with Gasteiger partial charge < -0.3 is 15.0 Å². The summed E-state index contributed by atoms with van der Waals surface area (Å²) in [6.07, 6.45) is 2.06. The number of rotatable bonds is 14. The molecule has 4 aromatic carbocycles. The summed E-state index contributed by atoms with van der Waals surface area (Å²) in [4.78, 5) is 29.6. The molecule has 1 N–H and O–H groups in total. The number of benzene rings is 4. The van der Waals surface area contributed by atoms with Gasteiger partial charge in [-0.1, -0.05) is 85.3 Å². The van der Waals surface area contributed by atoms with E-state index in [1.165, 1.54) is 4.90 Å². The van der Waals surface area contributed by atoms with Gasteiger partial charge in [0, 0.05) is 19.0 Å². The first-order chi connectivity index (χ1) is 21.5. The van der Waals surface area contributed by atoms with Gasteiger partial charge in [0.15, 0.2) is 0 Å². The molecular formula is C36H41N3O5S. The van der Waals surface area contributed by atoms with Crippen LogP contribution in [0.3, 0.4) is 0 Å². The summed E-state index contributed by atoms with van der Waals surface area (Å²) in [6.45, 7) is 5.51. The average molecular weight is 628 g/mol. The zero-order chi connectivity index (χ0) is 32.4. The van der Waals surface area contributed by atoms with Gasteiger partial charge in [-0.15, -0.1) is 0 Å². The normalized spacial score (nSPS) is 12.5. The maximum atomic E-state index is 14.3. The summed E-state index contributed by atoms with van der Waals surface area (Å²) in [7, 11) is -3.88. The van der Waals surface area contributed by atoms with Crippen LogP contribution in [0, 0.1) is 6.92 Å². The van der Waals surface area contributed by atoms with E-state index in [0.29, 0.717) is 17.2 Å². The molecule has 0 saturated carbocycles. The van der Waals surface area contributed by atoms with Crippen LogP contribution in [-0.4, -0.2) is 50.0 Å². The summed E-state index contributed by atoms with van der Waals surface area (Å²) in [5, 5.41) is 3.05. The Kier molecular flexibility index (Phi) is 11.4. The molecule has 0 unspecified atom stereocenters. The van der Waals surface area contributed by atoms with Gasteiger partial charge >= 0.3 is 0 Å². The number of nitrogens with zero attached hydrogens (tertiary/aromatic N) is 2. The van der Waals surface area contributed by atoms with E-state index in [0.717, 1.165) is 33.7 Å². The molecule has 0 aliphatic carbocycles. The number of hydrogen-bond donors (Lipinski definition) is 1. The van der Waals surface area contributed by atoms with Crippen LogP contribution in [0.4, 0.5) is 5.69 Å². The molecule has 0 bridgehead atoms. The first-order valence-corrected chi connectivity index (χ1v) is 16.9. The number of nitrogens with one attached hydrogen (secondary N) is 1. The van der Waals surface area contributed by atoms with E-state index in [-0.39, 0.29) is 24.9 Å². The Morgan fingerprint density at radius 2 is 1.42 bits per heavy atom. The molecule has 0 aliphatic heterocycles. The van der Waals surface area contributed by atoms with Crippen LogP contribution in [0.2, 0.25) is 0 Å². The molecule has 0 saturated heterocycles. The van der Waals surface area contributed by atoms with Crippen molar-refractivity contribution in [3.05, 3.63) is 126 Å². The summed E-state index contributed by atoms with van der Waals surface area (Å²) >= 11 is 0. The lowest BCUT2D eigenvalue weighted by Gasteiger charge is -2.34. The van der Waals surface area contributed by atoms with Crippen LogP contribution in [0.25, 0.3) is 0 Å². The van der Waals surface area contributed by atoms with Crippen molar-refractivity contribution in [3.63, 3.8) is 0 Å². The lowest BCUT2D eigenvalue weighted by Crippen LogP contribution is -2.54. The fourth-order valence-corrected chi connectivity index (χ4v) is 5.77. The lowest BCUT2D eigenvalue weighted by molar-refractivity contribution is -0.140. The SMILES string of the molecule is CC[C@H](C)NC(=O)[C@H](Cc1ccccc1)N(Cc1cccc(C)c1)C(=O)CN(c1ccc(Oc2ccccc2)cc1)S(C)(=O)=O. The van der Waals surface area contributed by atoms with Crippen LogP contribution in [-0.2, 0) is 32.6 Å². The van der Waals surface area contributed by atoms with Gasteiger partial charge in [0.1, 0.15) is 24.1 Å². The molecule has 2 amide bonds. The minimum atomic E-state index is -3.88. The molecule has 2 atom stereocenters. The summed E-state index contributed by atoms with van der Waals surface area (Å²) in [5.74, 6) is 0.386. The molecule has 0 heterocycles. The minimum absolute atomic E-state index is 0.101. The highest BCUT2D eigenvalue weighted by Gasteiger charge is 2.33. The van der Waals surface area contributed by atoms with E-state index in [4.69, 9.17) is 4.74 Å². The first-order valence-electron chi connectivity index (χ1n) is 15.0. The molecule has 0 spiro atoms. The Labute approximate surface area is 266 Å². The maximum Gasteiger partial charge on any atom is 0.244 e. The fraction of sp³-hybridized carbons (Fsp3) is 0.278. The van der Waals surface area contributed by atoms with E-state index in [2.05, 4.69) is 5.32 Å². The van der Waals surface area contributed by atoms with Gasteiger partial charge in [0.25, 0.3) is 0 Å². The van der Waals surface area contributed by atoms with Crippen LogP contribution < -0.4 is 14.4 Å². The van der Waals surface area contributed by atoms with E-state index < -0.39 is 28.5 Å². The van der Waals surface area contributed by atoms with Gasteiger partial charge in [-0.2, -0.15) is 0 Å². The second kappa shape index (κ2) is 15.4. The molecule has 0 aromatic heterocycles. The average Bonchev–Trinajstić information content (AvgIpc) is 3.02. The summed E-state index contributed by atoms with van der Waals surface area (Å²) in [5.41, 5.74) is 3.05. The number of amides is 2. The fourth-order valence-electron chi connectivity index (χ4n) is 4.92. The summed E-state index contributed by atoms with van der Waals surface area (Å²) in [6, 6.07) is 32.0. The molecule has 8 nitrogen and oxygen atoms in total. The highest BCUT2D eigenvalue weighted by atomic mass is 32.2. The first kappa shape index (κ1) is 33.3. The second-order valence-electron chi connectivity index (χ2n) is 11.2. The molecule has 4 aromatic rings. The third kappa shape index (κ3) is 9.68. The largest absolute Gasteiger partial charge is 0.457 e. The molecule has 236 valence electrons. The second-order valence-corrected chi connectivity index (χ2v) is 13.1. The van der Waals surface area contributed by atoms with Crippen molar-refractivity contribution >= 4 is 27.5 Å². The standard InChI is InChI=1S/C36H41N3O5S/c1-5-28(3)37-36(41)34(24-29-14-8-6-9-15-29)38(25-30-16-12-13-27(2)23-30)35(40)26-39(45(4,42)43)31-19-21-33(22-20-31)44-32-17-10-7-11-18-32/h6-23,28,34H,5,24-26H2,1-4H3,(H,37,41)/t28-,34-/m0/s1. The van der Waals surface area contributed by atoms with Gasteiger partial charge in [-0.3, -0.25) is 13.9 Å². The number of aryl methyl sites for hydroxylation is 1. The molecule has 45 heavy (non-hydrogen) atoms. The Bertz CT molecular complexity index is 1660. The Balaban J connectivity index is 1.68.